The van der Waals surface area contributed by atoms with Crippen molar-refractivity contribution in [3.63, 3.8) is 0 Å². The van der Waals surface area contributed by atoms with Crippen molar-refractivity contribution in [2.75, 3.05) is 44.2 Å². The molecule has 1 fully saturated rings. The van der Waals surface area contributed by atoms with Crippen LogP contribution in [0.4, 0.5) is 5.69 Å². The van der Waals surface area contributed by atoms with E-state index in [1.807, 2.05) is 54.6 Å². The minimum atomic E-state index is -0.601. The summed E-state index contributed by atoms with van der Waals surface area (Å²) in [5.41, 5.74) is 2.13. The van der Waals surface area contributed by atoms with E-state index in [0.29, 0.717) is 13.1 Å². The van der Waals surface area contributed by atoms with E-state index in [1.165, 1.54) is 5.69 Å². The minimum absolute atomic E-state index is 0.347. The Morgan fingerprint density at radius 2 is 1.50 bits per heavy atom. The van der Waals surface area contributed by atoms with Gasteiger partial charge < -0.3 is 15.5 Å². The van der Waals surface area contributed by atoms with Crippen molar-refractivity contribution in [2.45, 2.75) is 6.54 Å². The maximum Gasteiger partial charge on any atom is 0.309 e. The van der Waals surface area contributed by atoms with Crippen molar-refractivity contribution in [3.8, 4) is 0 Å². The van der Waals surface area contributed by atoms with Crippen LogP contribution in [-0.2, 0) is 16.1 Å². The molecule has 0 aliphatic carbocycles. The molecular formula is C21H25ClN4O2. The van der Waals surface area contributed by atoms with Gasteiger partial charge >= 0.3 is 11.8 Å². The van der Waals surface area contributed by atoms with E-state index in [0.717, 1.165) is 43.3 Å². The Hall–Kier alpha value is -2.57. The van der Waals surface area contributed by atoms with Crippen LogP contribution in [0.3, 0.4) is 0 Å². The highest BCUT2D eigenvalue weighted by atomic mass is 35.5. The fourth-order valence-electron chi connectivity index (χ4n) is 3.15. The van der Waals surface area contributed by atoms with E-state index in [9.17, 15) is 9.59 Å². The van der Waals surface area contributed by atoms with E-state index < -0.39 is 11.8 Å². The largest absolute Gasteiger partial charge is 0.369 e. The number of piperazine rings is 1. The van der Waals surface area contributed by atoms with Crippen LogP contribution in [0.25, 0.3) is 0 Å². The quantitative estimate of drug-likeness (QED) is 0.727. The molecule has 0 unspecified atom stereocenters. The number of nitrogens with zero attached hydrogens (tertiary/aromatic N) is 2. The zero-order valence-corrected chi connectivity index (χ0v) is 16.5. The lowest BCUT2D eigenvalue weighted by Crippen LogP contribution is -2.49. The number of halogens is 1. The molecule has 1 heterocycles. The Balaban J connectivity index is 1.32. The molecule has 2 aromatic carbocycles. The van der Waals surface area contributed by atoms with Gasteiger partial charge in [-0.2, -0.15) is 0 Å². The number of hydrogen-bond donors (Lipinski definition) is 2. The Bertz CT molecular complexity index is 775. The first-order chi connectivity index (χ1) is 13.6. The summed E-state index contributed by atoms with van der Waals surface area (Å²) < 4.78 is 0. The minimum Gasteiger partial charge on any atom is -0.369 e. The molecule has 2 aromatic rings. The summed E-state index contributed by atoms with van der Waals surface area (Å²) in [6.07, 6.45) is 0. The number of hydrogen-bond acceptors (Lipinski definition) is 4. The molecule has 0 spiro atoms. The normalized spacial score (nSPS) is 14.5. The van der Waals surface area contributed by atoms with Gasteiger partial charge in [-0.3, -0.25) is 14.5 Å². The molecule has 7 heteroatoms. The van der Waals surface area contributed by atoms with Gasteiger partial charge in [-0.05, 0) is 29.8 Å². The predicted octanol–water partition coefficient (Wildman–Crippen LogP) is 1.89. The van der Waals surface area contributed by atoms with Crippen molar-refractivity contribution in [2.24, 2.45) is 0 Å². The van der Waals surface area contributed by atoms with Gasteiger partial charge in [0.15, 0.2) is 0 Å². The summed E-state index contributed by atoms with van der Waals surface area (Å²) in [6.45, 7) is 5.21. The molecule has 28 heavy (non-hydrogen) atoms. The lowest BCUT2D eigenvalue weighted by molar-refractivity contribution is -0.139. The van der Waals surface area contributed by atoms with Crippen molar-refractivity contribution < 1.29 is 9.59 Å². The van der Waals surface area contributed by atoms with Gasteiger partial charge in [0, 0.05) is 56.5 Å². The van der Waals surface area contributed by atoms with Crippen LogP contribution in [0.1, 0.15) is 5.56 Å². The zero-order valence-electron chi connectivity index (χ0n) is 15.7. The van der Waals surface area contributed by atoms with E-state index in [4.69, 9.17) is 11.6 Å². The average molecular weight is 401 g/mol. The fraction of sp³-hybridized carbons (Fsp3) is 0.333. The molecule has 2 amide bonds. The standard InChI is InChI=1S/C21H25ClN4O2/c22-18-6-8-19(9-7-18)26-14-12-25(13-15-26)11-10-23-20(27)21(28)24-16-17-4-2-1-3-5-17/h1-9H,10-16H2,(H,23,27)(H,24,28). The molecule has 1 aliphatic heterocycles. The molecule has 0 radical (unpaired) electrons. The Morgan fingerprint density at radius 3 is 2.18 bits per heavy atom. The third-order valence-electron chi connectivity index (χ3n) is 4.78. The van der Waals surface area contributed by atoms with Gasteiger partial charge in [0.25, 0.3) is 0 Å². The van der Waals surface area contributed by atoms with Crippen molar-refractivity contribution in [3.05, 3.63) is 65.2 Å². The number of amides is 2. The van der Waals surface area contributed by atoms with E-state index >= 15 is 0 Å². The summed E-state index contributed by atoms with van der Waals surface area (Å²) in [7, 11) is 0. The molecule has 0 saturated carbocycles. The van der Waals surface area contributed by atoms with Crippen LogP contribution in [0.5, 0.6) is 0 Å². The predicted molar refractivity (Wildman–Crippen MR) is 111 cm³/mol. The lowest BCUT2D eigenvalue weighted by Gasteiger charge is -2.36. The summed E-state index contributed by atoms with van der Waals surface area (Å²) in [5, 5.41) is 6.07. The molecule has 148 valence electrons. The Labute approximate surface area is 170 Å². The molecule has 6 nitrogen and oxygen atoms in total. The first kappa shape index (κ1) is 20.2. The molecule has 0 atom stereocenters. The topological polar surface area (TPSA) is 64.7 Å². The highest BCUT2D eigenvalue weighted by Crippen LogP contribution is 2.19. The Morgan fingerprint density at radius 1 is 0.857 bits per heavy atom. The number of benzene rings is 2. The molecule has 0 bridgehead atoms. The smallest absolute Gasteiger partial charge is 0.309 e. The molecular weight excluding hydrogens is 376 g/mol. The number of rotatable bonds is 6. The summed E-state index contributed by atoms with van der Waals surface area (Å²) in [5.74, 6) is -1.19. The Kier molecular flexibility index (Phi) is 7.28. The van der Waals surface area contributed by atoms with Gasteiger partial charge in [0.2, 0.25) is 0 Å². The van der Waals surface area contributed by atoms with Crippen LogP contribution < -0.4 is 15.5 Å². The van der Waals surface area contributed by atoms with Crippen LogP contribution in [0.2, 0.25) is 5.02 Å². The van der Waals surface area contributed by atoms with Gasteiger partial charge in [-0.1, -0.05) is 41.9 Å². The average Bonchev–Trinajstić information content (AvgIpc) is 2.74. The molecule has 3 rings (SSSR count). The van der Waals surface area contributed by atoms with Gasteiger partial charge in [-0.15, -0.1) is 0 Å². The maximum atomic E-state index is 11.9. The van der Waals surface area contributed by atoms with Crippen LogP contribution in [0, 0.1) is 0 Å². The van der Waals surface area contributed by atoms with E-state index in [1.54, 1.807) is 0 Å². The molecule has 1 saturated heterocycles. The summed E-state index contributed by atoms with van der Waals surface area (Å²) >= 11 is 5.94. The SMILES string of the molecule is O=C(NCCN1CCN(c2ccc(Cl)cc2)CC1)C(=O)NCc1ccccc1. The van der Waals surface area contributed by atoms with Crippen LogP contribution in [-0.4, -0.2) is 56.0 Å². The summed E-state index contributed by atoms with van der Waals surface area (Å²) in [4.78, 5) is 28.4. The lowest BCUT2D eigenvalue weighted by atomic mass is 10.2. The number of nitrogens with one attached hydrogen (secondary N) is 2. The van der Waals surface area contributed by atoms with Crippen molar-refractivity contribution >= 4 is 29.1 Å². The van der Waals surface area contributed by atoms with E-state index in [-0.39, 0.29) is 0 Å². The number of carbonyl (C=O) groups excluding carboxylic acids is 2. The van der Waals surface area contributed by atoms with E-state index in [2.05, 4.69) is 20.4 Å². The highest BCUT2D eigenvalue weighted by molar-refractivity contribution is 6.35. The highest BCUT2D eigenvalue weighted by Gasteiger charge is 2.18. The molecule has 0 aromatic heterocycles. The second-order valence-electron chi connectivity index (χ2n) is 6.73. The first-order valence-electron chi connectivity index (χ1n) is 9.44. The second kappa shape index (κ2) is 10.1. The van der Waals surface area contributed by atoms with Crippen molar-refractivity contribution in [1.82, 2.24) is 15.5 Å². The van der Waals surface area contributed by atoms with Crippen LogP contribution >= 0.6 is 11.6 Å². The second-order valence-corrected chi connectivity index (χ2v) is 7.17. The third-order valence-corrected chi connectivity index (χ3v) is 5.03. The molecule has 2 N–H and O–H groups in total. The van der Waals surface area contributed by atoms with Gasteiger partial charge in [-0.25, -0.2) is 0 Å². The van der Waals surface area contributed by atoms with Crippen molar-refractivity contribution in [1.29, 1.82) is 0 Å². The monoisotopic (exact) mass is 400 g/mol. The summed E-state index contributed by atoms with van der Waals surface area (Å²) in [6, 6.07) is 17.4. The molecule has 1 aliphatic rings. The van der Waals surface area contributed by atoms with Gasteiger partial charge in [0.05, 0.1) is 0 Å². The maximum absolute atomic E-state index is 11.9. The van der Waals surface area contributed by atoms with Gasteiger partial charge in [0.1, 0.15) is 0 Å². The fourth-order valence-corrected chi connectivity index (χ4v) is 3.27. The van der Waals surface area contributed by atoms with Crippen LogP contribution in [0.15, 0.2) is 54.6 Å². The number of anilines is 1. The zero-order chi connectivity index (χ0) is 19.8. The number of carbonyl (C=O) groups is 2. The third kappa shape index (κ3) is 5.97. The first-order valence-corrected chi connectivity index (χ1v) is 9.82.